The molecule has 1 amide bonds. The normalized spacial score (nSPS) is 17.5. The van der Waals surface area contributed by atoms with Crippen LogP contribution in [0.2, 0.25) is 0 Å². The van der Waals surface area contributed by atoms with Gasteiger partial charge in [0.15, 0.2) is 0 Å². The number of carbonyl (C=O) groups excluding carboxylic acids is 1. The van der Waals surface area contributed by atoms with E-state index in [1.54, 1.807) is 0 Å². The van der Waals surface area contributed by atoms with Crippen LogP contribution in [0, 0.1) is 0 Å². The number of hydrogen-bond acceptors (Lipinski definition) is 3. The number of nitrogens with zero attached hydrogens (tertiary/aromatic N) is 3. The third kappa shape index (κ3) is 3.94. The molecule has 26 heavy (non-hydrogen) atoms. The molecule has 5 heteroatoms. The minimum atomic E-state index is 0.0743. The Labute approximate surface area is 153 Å². The number of imidazole rings is 1. The van der Waals surface area contributed by atoms with Crippen molar-refractivity contribution in [2.75, 3.05) is 19.7 Å². The van der Waals surface area contributed by atoms with Crippen molar-refractivity contribution in [1.29, 1.82) is 0 Å². The highest BCUT2D eigenvalue weighted by Gasteiger charge is 2.24. The van der Waals surface area contributed by atoms with Crippen molar-refractivity contribution in [1.82, 2.24) is 14.3 Å². The molecule has 0 unspecified atom stereocenters. The van der Waals surface area contributed by atoms with Crippen LogP contribution in [0.5, 0.6) is 0 Å². The Bertz CT molecular complexity index is 842. The second-order valence-electron chi connectivity index (χ2n) is 6.72. The van der Waals surface area contributed by atoms with Crippen molar-refractivity contribution in [2.45, 2.75) is 25.4 Å². The monoisotopic (exact) mass is 349 g/mol. The van der Waals surface area contributed by atoms with Crippen LogP contribution < -0.4 is 0 Å². The molecule has 134 valence electrons. The predicted octanol–water partition coefficient (Wildman–Crippen LogP) is 2.74. The summed E-state index contributed by atoms with van der Waals surface area (Å²) in [6, 6.07) is 16.2. The van der Waals surface area contributed by atoms with Crippen molar-refractivity contribution in [2.24, 2.45) is 0 Å². The Morgan fingerprint density at radius 3 is 2.85 bits per heavy atom. The maximum absolute atomic E-state index is 12.6. The second-order valence-corrected chi connectivity index (χ2v) is 6.72. The molecule has 5 nitrogen and oxygen atoms in total. The van der Waals surface area contributed by atoms with Gasteiger partial charge in [-0.1, -0.05) is 36.4 Å². The lowest BCUT2D eigenvalue weighted by molar-refractivity contribution is -0.138. The largest absolute Gasteiger partial charge is 0.374 e. The van der Waals surface area contributed by atoms with Crippen LogP contribution >= 0.6 is 0 Å². The third-order valence-electron chi connectivity index (χ3n) is 4.81. The molecule has 0 N–H and O–H groups in total. The summed E-state index contributed by atoms with van der Waals surface area (Å²) < 4.78 is 7.85. The number of carbonyl (C=O) groups is 1. The van der Waals surface area contributed by atoms with Crippen LogP contribution in [0.3, 0.4) is 0 Å². The lowest BCUT2D eigenvalue weighted by atomic mass is 10.1. The minimum absolute atomic E-state index is 0.0743. The lowest BCUT2D eigenvalue weighted by Gasteiger charge is -2.33. The molecule has 0 saturated carbocycles. The molecule has 0 aliphatic carbocycles. The van der Waals surface area contributed by atoms with Crippen LogP contribution in [-0.4, -0.2) is 46.0 Å². The highest BCUT2D eigenvalue weighted by molar-refractivity contribution is 5.76. The molecule has 1 atom stereocenters. The average molecular weight is 349 g/mol. The van der Waals surface area contributed by atoms with Gasteiger partial charge in [-0.2, -0.15) is 0 Å². The molecular weight excluding hydrogens is 326 g/mol. The standard InChI is InChI=1S/C21H23N3O2/c25-21(10-9-18-15-23-11-5-4-8-20(23)22-18)24-12-13-26-19(16-24)14-17-6-2-1-3-7-17/h1-8,11,15,19H,9-10,12-14,16H2/t19-/m0/s1. The molecule has 1 aromatic carbocycles. The maximum Gasteiger partial charge on any atom is 0.223 e. The maximum atomic E-state index is 12.6. The molecule has 2 aromatic heterocycles. The summed E-state index contributed by atoms with van der Waals surface area (Å²) in [5, 5.41) is 0. The first-order chi connectivity index (χ1) is 12.8. The quantitative estimate of drug-likeness (QED) is 0.712. The number of amides is 1. The van der Waals surface area contributed by atoms with Gasteiger partial charge in [0.05, 0.1) is 18.4 Å². The Balaban J connectivity index is 1.32. The Morgan fingerprint density at radius 2 is 2.00 bits per heavy atom. The summed E-state index contributed by atoms with van der Waals surface area (Å²) in [6.45, 7) is 1.95. The topological polar surface area (TPSA) is 46.8 Å². The smallest absolute Gasteiger partial charge is 0.223 e. The van der Waals surface area contributed by atoms with Gasteiger partial charge >= 0.3 is 0 Å². The Kier molecular flexibility index (Phi) is 4.97. The van der Waals surface area contributed by atoms with Gasteiger partial charge in [-0.05, 0) is 24.1 Å². The van der Waals surface area contributed by atoms with E-state index in [1.807, 2.05) is 58.1 Å². The van der Waals surface area contributed by atoms with Crippen LogP contribution in [0.15, 0.2) is 60.9 Å². The SMILES string of the molecule is O=C(CCc1cn2ccccc2n1)N1CCO[C@@H](Cc2ccccc2)C1. The summed E-state index contributed by atoms with van der Waals surface area (Å²) in [7, 11) is 0. The number of pyridine rings is 1. The molecule has 0 spiro atoms. The van der Waals surface area contributed by atoms with Crippen molar-refractivity contribution < 1.29 is 9.53 Å². The van der Waals surface area contributed by atoms with Crippen LogP contribution in [0.4, 0.5) is 0 Å². The van der Waals surface area contributed by atoms with Gasteiger partial charge in [-0.3, -0.25) is 4.79 Å². The van der Waals surface area contributed by atoms with E-state index in [2.05, 4.69) is 17.1 Å². The molecule has 0 bridgehead atoms. The zero-order valence-electron chi connectivity index (χ0n) is 14.8. The average Bonchev–Trinajstić information content (AvgIpc) is 3.10. The number of hydrogen-bond donors (Lipinski definition) is 0. The number of fused-ring (bicyclic) bond motifs is 1. The van der Waals surface area contributed by atoms with Gasteiger partial charge in [-0.25, -0.2) is 4.98 Å². The fraction of sp³-hybridized carbons (Fsp3) is 0.333. The molecule has 1 fully saturated rings. The number of ether oxygens (including phenoxy) is 1. The molecule has 3 aromatic rings. The summed E-state index contributed by atoms with van der Waals surface area (Å²) in [4.78, 5) is 19.1. The van der Waals surface area contributed by atoms with Gasteiger partial charge in [0, 0.05) is 38.3 Å². The first-order valence-corrected chi connectivity index (χ1v) is 9.14. The number of aromatic nitrogens is 2. The lowest BCUT2D eigenvalue weighted by Crippen LogP contribution is -2.46. The number of rotatable bonds is 5. The Morgan fingerprint density at radius 1 is 1.15 bits per heavy atom. The minimum Gasteiger partial charge on any atom is -0.374 e. The highest BCUT2D eigenvalue weighted by Crippen LogP contribution is 2.14. The van der Waals surface area contributed by atoms with Gasteiger partial charge in [0.25, 0.3) is 0 Å². The van der Waals surface area contributed by atoms with E-state index in [0.29, 0.717) is 32.5 Å². The molecule has 3 heterocycles. The van der Waals surface area contributed by atoms with E-state index in [-0.39, 0.29) is 12.0 Å². The third-order valence-corrected chi connectivity index (χ3v) is 4.81. The van der Waals surface area contributed by atoms with Gasteiger partial charge in [0.2, 0.25) is 5.91 Å². The summed E-state index contributed by atoms with van der Waals surface area (Å²) in [6.07, 6.45) is 6.05. The molecule has 4 rings (SSSR count). The first kappa shape index (κ1) is 16.8. The molecule has 1 aliphatic heterocycles. The molecule has 1 saturated heterocycles. The Hall–Kier alpha value is -2.66. The zero-order chi connectivity index (χ0) is 17.8. The molecule has 0 radical (unpaired) electrons. The first-order valence-electron chi connectivity index (χ1n) is 9.14. The van der Waals surface area contributed by atoms with Crippen molar-refractivity contribution in [3.63, 3.8) is 0 Å². The fourth-order valence-electron chi connectivity index (χ4n) is 3.45. The fourth-order valence-corrected chi connectivity index (χ4v) is 3.45. The highest BCUT2D eigenvalue weighted by atomic mass is 16.5. The summed E-state index contributed by atoms with van der Waals surface area (Å²) >= 11 is 0. The zero-order valence-corrected chi connectivity index (χ0v) is 14.8. The predicted molar refractivity (Wildman–Crippen MR) is 100.0 cm³/mol. The van der Waals surface area contributed by atoms with Crippen LogP contribution in [0.25, 0.3) is 5.65 Å². The van der Waals surface area contributed by atoms with E-state index in [1.165, 1.54) is 5.56 Å². The number of morpholine rings is 1. The van der Waals surface area contributed by atoms with E-state index in [4.69, 9.17) is 4.74 Å². The van der Waals surface area contributed by atoms with Gasteiger partial charge < -0.3 is 14.0 Å². The summed E-state index contributed by atoms with van der Waals surface area (Å²) in [5.74, 6) is 0.184. The molecule has 1 aliphatic rings. The summed E-state index contributed by atoms with van der Waals surface area (Å²) in [5.41, 5.74) is 3.12. The van der Waals surface area contributed by atoms with Gasteiger partial charge in [-0.15, -0.1) is 0 Å². The van der Waals surface area contributed by atoms with E-state index in [9.17, 15) is 4.79 Å². The van der Waals surface area contributed by atoms with Gasteiger partial charge in [0.1, 0.15) is 5.65 Å². The number of aryl methyl sites for hydroxylation is 1. The van der Waals surface area contributed by atoms with Crippen molar-refractivity contribution in [3.05, 3.63) is 72.2 Å². The van der Waals surface area contributed by atoms with E-state index in [0.717, 1.165) is 17.8 Å². The van der Waals surface area contributed by atoms with E-state index >= 15 is 0 Å². The number of benzene rings is 1. The van der Waals surface area contributed by atoms with E-state index < -0.39 is 0 Å². The second kappa shape index (κ2) is 7.70. The van der Waals surface area contributed by atoms with Crippen LogP contribution in [0.1, 0.15) is 17.7 Å². The van der Waals surface area contributed by atoms with Crippen molar-refractivity contribution >= 4 is 11.6 Å². The molecular formula is C21H23N3O2. The van der Waals surface area contributed by atoms with Crippen molar-refractivity contribution in [3.8, 4) is 0 Å². The van der Waals surface area contributed by atoms with Crippen LogP contribution in [-0.2, 0) is 22.4 Å².